The Kier molecular flexibility index (Phi) is 5.97. The quantitative estimate of drug-likeness (QED) is 0.719. The third kappa shape index (κ3) is 3.37. The van der Waals surface area contributed by atoms with Gasteiger partial charge in [0.2, 0.25) is 0 Å². The second-order valence-electron chi connectivity index (χ2n) is 6.73. The highest BCUT2D eigenvalue weighted by Crippen LogP contribution is 2.37. The van der Waals surface area contributed by atoms with Crippen LogP contribution in [0.4, 0.5) is 0 Å². The number of nitrogens with one attached hydrogen (secondary N) is 1. The van der Waals surface area contributed by atoms with Gasteiger partial charge in [0.1, 0.15) is 5.69 Å². The first-order valence-corrected chi connectivity index (χ1v) is 9.14. The number of aromatic amines is 1. The average molecular weight is 372 g/mol. The van der Waals surface area contributed by atoms with Gasteiger partial charge >= 0.3 is 0 Å². The van der Waals surface area contributed by atoms with E-state index in [-0.39, 0.29) is 12.4 Å². The molecule has 4 rings (SSSR count). The lowest BCUT2D eigenvalue weighted by molar-refractivity contribution is 0.0154. The number of H-pyrrole nitrogens is 1. The van der Waals surface area contributed by atoms with Gasteiger partial charge in [0.05, 0.1) is 18.7 Å². The molecule has 1 atom stereocenters. The summed E-state index contributed by atoms with van der Waals surface area (Å²) in [7, 11) is 0. The van der Waals surface area contributed by atoms with E-state index in [1.165, 1.54) is 16.5 Å². The molecular formula is C21H26ClN3O. The lowest BCUT2D eigenvalue weighted by Gasteiger charge is -2.35. The molecule has 3 aromatic rings. The van der Waals surface area contributed by atoms with Crippen LogP contribution < -0.4 is 0 Å². The smallest absolute Gasteiger partial charge is 0.100 e. The number of aryl methyl sites for hydroxylation is 1. The zero-order chi connectivity index (χ0) is 17.2. The van der Waals surface area contributed by atoms with Crippen LogP contribution in [0.1, 0.15) is 30.5 Å². The summed E-state index contributed by atoms with van der Waals surface area (Å²) in [6.45, 7) is 8.13. The van der Waals surface area contributed by atoms with Gasteiger partial charge in [0.15, 0.2) is 0 Å². The van der Waals surface area contributed by atoms with Crippen LogP contribution in [-0.2, 0) is 4.74 Å². The predicted molar refractivity (Wildman–Crippen MR) is 109 cm³/mol. The Morgan fingerprint density at radius 1 is 1.12 bits per heavy atom. The Labute approximate surface area is 161 Å². The molecule has 0 aliphatic carbocycles. The van der Waals surface area contributed by atoms with E-state index in [9.17, 15) is 0 Å². The van der Waals surface area contributed by atoms with Gasteiger partial charge in [0.25, 0.3) is 0 Å². The monoisotopic (exact) mass is 371 g/mol. The van der Waals surface area contributed by atoms with Crippen LogP contribution in [0.25, 0.3) is 22.2 Å². The number of fused-ring (bicyclic) bond motifs is 1. The first-order chi connectivity index (χ1) is 12.3. The maximum Gasteiger partial charge on any atom is 0.100 e. The van der Waals surface area contributed by atoms with E-state index in [1.54, 1.807) is 0 Å². The molecule has 5 heteroatoms. The van der Waals surface area contributed by atoms with Crippen molar-refractivity contribution in [3.05, 3.63) is 53.6 Å². The molecule has 0 radical (unpaired) electrons. The molecule has 2 aromatic carbocycles. The van der Waals surface area contributed by atoms with Crippen molar-refractivity contribution in [1.82, 2.24) is 15.1 Å². The minimum absolute atomic E-state index is 0. The highest BCUT2D eigenvalue weighted by molar-refractivity contribution is 5.96. The fourth-order valence-electron chi connectivity index (χ4n) is 4.01. The predicted octanol–water partition coefficient (Wildman–Crippen LogP) is 4.74. The number of halogens is 1. The number of aromatic nitrogens is 2. The van der Waals surface area contributed by atoms with Gasteiger partial charge in [-0.05, 0) is 30.5 Å². The van der Waals surface area contributed by atoms with E-state index >= 15 is 0 Å². The second-order valence-corrected chi connectivity index (χ2v) is 6.73. The van der Waals surface area contributed by atoms with Gasteiger partial charge in [0, 0.05) is 30.1 Å². The molecule has 0 spiro atoms. The molecule has 138 valence electrons. The Hall–Kier alpha value is -1.88. The van der Waals surface area contributed by atoms with E-state index in [1.807, 2.05) is 6.07 Å². The van der Waals surface area contributed by atoms with Crippen molar-refractivity contribution in [2.75, 3.05) is 26.3 Å². The topological polar surface area (TPSA) is 41.2 Å². The summed E-state index contributed by atoms with van der Waals surface area (Å²) in [5.74, 6) is 0. The number of hydrogen-bond acceptors (Lipinski definition) is 3. The van der Waals surface area contributed by atoms with Crippen molar-refractivity contribution in [2.24, 2.45) is 0 Å². The van der Waals surface area contributed by atoms with E-state index in [4.69, 9.17) is 4.74 Å². The van der Waals surface area contributed by atoms with Crippen LogP contribution in [0.5, 0.6) is 0 Å². The Morgan fingerprint density at radius 2 is 1.85 bits per heavy atom. The SMILES string of the molecule is CCC(c1c(C)ccc2[nH]nc(-c3ccccc3)c12)N1CCOCC1.Cl. The third-order valence-electron chi connectivity index (χ3n) is 5.24. The molecule has 0 saturated carbocycles. The van der Waals surface area contributed by atoms with E-state index in [2.05, 4.69) is 65.3 Å². The number of morpholine rings is 1. The third-order valence-corrected chi connectivity index (χ3v) is 5.24. The minimum Gasteiger partial charge on any atom is -0.379 e. The molecule has 4 nitrogen and oxygen atoms in total. The molecule has 0 amide bonds. The van der Waals surface area contributed by atoms with Crippen molar-refractivity contribution >= 4 is 23.3 Å². The lowest BCUT2D eigenvalue weighted by atomic mass is 9.91. The molecule has 26 heavy (non-hydrogen) atoms. The van der Waals surface area contributed by atoms with Crippen molar-refractivity contribution < 1.29 is 4.74 Å². The summed E-state index contributed by atoms with van der Waals surface area (Å²) < 4.78 is 5.57. The molecule has 1 aromatic heterocycles. The first-order valence-electron chi connectivity index (χ1n) is 9.14. The molecule has 1 aliphatic heterocycles. The number of nitrogens with zero attached hydrogens (tertiary/aromatic N) is 2. The zero-order valence-electron chi connectivity index (χ0n) is 15.4. The average Bonchev–Trinajstić information content (AvgIpc) is 3.10. The highest BCUT2D eigenvalue weighted by Gasteiger charge is 2.26. The van der Waals surface area contributed by atoms with Crippen LogP contribution in [-0.4, -0.2) is 41.4 Å². The Morgan fingerprint density at radius 3 is 2.54 bits per heavy atom. The summed E-state index contributed by atoms with van der Waals surface area (Å²) in [5.41, 5.74) is 6.09. The van der Waals surface area contributed by atoms with E-state index < -0.39 is 0 Å². The normalized spacial score (nSPS) is 16.4. The molecule has 1 unspecified atom stereocenters. The fraction of sp³-hybridized carbons (Fsp3) is 0.381. The molecule has 2 heterocycles. The van der Waals surface area contributed by atoms with Gasteiger partial charge in [-0.15, -0.1) is 12.4 Å². The van der Waals surface area contributed by atoms with Gasteiger partial charge in [-0.3, -0.25) is 10.00 Å². The van der Waals surface area contributed by atoms with Crippen molar-refractivity contribution in [1.29, 1.82) is 0 Å². The summed E-state index contributed by atoms with van der Waals surface area (Å²) in [6.07, 6.45) is 1.08. The van der Waals surface area contributed by atoms with Gasteiger partial charge in [-0.2, -0.15) is 5.10 Å². The van der Waals surface area contributed by atoms with Gasteiger partial charge in [-0.25, -0.2) is 0 Å². The minimum atomic E-state index is 0. The fourth-order valence-corrected chi connectivity index (χ4v) is 4.01. The van der Waals surface area contributed by atoms with Gasteiger partial charge in [-0.1, -0.05) is 43.3 Å². The summed E-state index contributed by atoms with van der Waals surface area (Å²) in [5, 5.41) is 9.17. The van der Waals surface area contributed by atoms with E-state index in [0.29, 0.717) is 6.04 Å². The summed E-state index contributed by atoms with van der Waals surface area (Å²) in [6, 6.07) is 15.2. The molecule has 1 aliphatic rings. The van der Waals surface area contributed by atoms with Crippen molar-refractivity contribution in [2.45, 2.75) is 26.3 Å². The maximum atomic E-state index is 5.57. The molecule has 0 bridgehead atoms. The van der Waals surface area contributed by atoms with Crippen LogP contribution >= 0.6 is 12.4 Å². The molecule has 1 fully saturated rings. The largest absolute Gasteiger partial charge is 0.379 e. The van der Waals surface area contributed by atoms with Crippen molar-refractivity contribution in [3.8, 4) is 11.3 Å². The van der Waals surface area contributed by atoms with E-state index in [0.717, 1.165) is 49.5 Å². The summed E-state index contributed by atoms with van der Waals surface area (Å²) >= 11 is 0. The number of hydrogen-bond donors (Lipinski definition) is 1. The van der Waals surface area contributed by atoms with Crippen LogP contribution in [0, 0.1) is 6.92 Å². The maximum absolute atomic E-state index is 5.57. The Bertz CT molecular complexity index is 856. The Balaban J connectivity index is 0.00000196. The van der Waals surface area contributed by atoms with Crippen LogP contribution in [0.15, 0.2) is 42.5 Å². The zero-order valence-corrected chi connectivity index (χ0v) is 16.2. The van der Waals surface area contributed by atoms with Crippen LogP contribution in [0.3, 0.4) is 0 Å². The standard InChI is InChI=1S/C21H25N3O.ClH/c1-3-18(24-11-13-25-14-12-24)19-15(2)9-10-17-20(19)21(23-22-17)16-7-5-4-6-8-16;/h4-10,18H,3,11-14H2,1-2H3,(H,22,23);1H. The van der Waals surface area contributed by atoms with Crippen LogP contribution in [0.2, 0.25) is 0 Å². The van der Waals surface area contributed by atoms with Gasteiger partial charge < -0.3 is 4.74 Å². The molecule has 1 N–H and O–H groups in total. The number of ether oxygens (including phenoxy) is 1. The lowest BCUT2D eigenvalue weighted by Crippen LogP contribution is -2.39. The number of benzene rings is 2. The van der Waals surface area contributed by atoms with Crippen molar-refractivity contribution in [3.63, 3.8) is 0 Å². The second kappa shape index (κ2) is 8.21. The summed E-state index contributed by atoms with van der Waals surface area (Å²) in [4.78, 5) is 2.56. The number of rotatable bonds is 4. The molecule has 1 saturated heterocycles. The highest BCUT2D eigenvalue weighted by atomic mass is 35.5. The first kappa shape index (κ1) is 18.9. The molecular weight excluding hydrogens is 346 g/mol.